The molecule has 4 heteroatoms. The van der Waals surface area contributed by atoms with Crippen molar-refractivity contribution in [2.24, 2.45) is 5.92 Å². The topological polar surface area (TPSA) is 34.1 Å². The fourth-order valence-corrected chi connectivity index (χ4v) is 2.79. The van der Waals surface area contributed by atoms with E-state index in [1.807, 2.05) is 18.3 Å². The van der Waals surface area contributed by atoms with Crippen molar-refractivity contribution in [3.05, 3.63) is 45.9 Å². The first-order chi connectivity index (χ1) is 10.2. The van der Waals surface area contributed by atoms with E-state index in [2.05, 4.69) is 43.2 Å². The monoisotopic (exact) mass is 304 g/mol. The van der Waals surface area contributed by atoms with Gasteiger partial charge in [-0.15, -0.1) is 11.3 Å². The van der Waals surface area contributed by atoms with Crippen LogP contribution in [0, 0.1) is 5.92 Å². The van der Waals surface area contributed by atoms with Crippen LogP contribution in [-0.4, -0.2) is 11.5 Å². The summed E-state index contributed by atoms with van der Waals surface area (Å²) in [6, 6.07) is 8.25. The second-order valence-electron chi connectivity index (χ2n) is 5.53. The zero-order valence-electron chi connectivity index (χ0n) is 13.1. The number of nitrogens with zero attached hydrogens (tertiary/aromatic N) is 1. The fraction of sp³-hybridized carbons (Fsp3) is 0.471. The largest absolute Gasteiger partial charge is 0.486 e. The van der Waals surface area contributed by atoms with Gasteiger partial charge < -0.3 is 10.1 Å². The van der Waals surface area contributed by atoms with Crippen LogP contribution in [0.15, 0.2) is 30.5 Å². The molecule has 0 spiro atoms. The van der Waals surface area contributed by atoms with E-state index < -0.39 is 0 Å². The molecule has 0 fully saturated rings. The average molecular weight is 304 g/mol. The first-order valence-corrected chi connectivity index (χ1v) is 8.35. The number of rotatable bonds is 8. The Kier molecular flexibility index (Phi) is 6.21. The molecule has 3 nitrogen and oxygen atoms in total. The number of benzene rings is 1. The molecule has 1 heterocycles. The van der Waals surface area contributed by atoms with Gasteiger partial charge in [0.2, 0.25) is 0 Å². The molecule has 0 atom stereocenters. The summed E-state index contributed by atoms with van der Waals surface area (Å²) in [5.74, 6) is 1.59. The van der Waals surface area contributed by atoms with E-state index in [-0.39, 0.29) is 0 Å². The van der Waals surface area contributed by atoms with E-state index in [1.54, 1.807) is 11.3 Å². The normalized spacial score (nSPS) is 11.0. The van der Waals surface area contributed by atoms with E-state index in [4.69, 9.17) is 4.74 Å². The van der Waals surface area contributed by atoms with Gasteiger partial charge in [-0.25, -0.2) is 4.98 Å². The number of thiazole rings is 1. The van der Waals surface area contributed by atoms with Crippen molar-refractivity contribution in [3.63, 3.8) is 0 Å². The third-order valence-corrected chi connectivity index (χ3v) is 4.09. The highest BCUT2D eigenvalue weighted by atomic mass is 32.1. The Balaban J connectivity index is 1.82. The molecule has 1 aromatic heterocycles. The Hall–Kier alpha value is -1.39. The second kappa shape index (κ2) is 8.15. The van der Waals surface area contributed by atoms with Crippen LogP contribution in [0.5, 0.6) is 5.75 Å². The van der Waals surface area contributed by atoms with E-state index in [1.165, 1.54) is 10.4 Å². The lowest BCUT2D eigenvalue weighted by Gasteiger charge is -2.06. The molecule has 0 aliphatic carbocycles. The minimum absolute atomic E-state index is 0.544. The summed E-state index contributed by atoms with van der Waals surface area (Å²) in [5, 5.41) is 4.46. The van der Waals surface area contributed by atoms with Gasteiger partial charge in [0.25, 0.3) is 0 Å². The quantitative estimate of drug-likeness (QED) is 0.799. The Morgan fingerprint density at radius 3 is 2.95 bits per heavy atom. The minimum Gasteiger partial charge on any atom is -0.486 e. The summed E-state index contributed by atoms with van der Waals surface area (Å²) in [7, 11) is 0. The molecule has 2 aromatic rings. The van der Waals surface area contributed by atoms with Crippen LogP contribution in [0.4, 0.5) is 0 Å². The van der Waals surface area contributed by atoms with Crippen molar-refractivity contribution < 1.29 is 4.74 Å². The van der Waals surface area contributed by atoms with Crippen LogP contribution in [0.2, 0.25) is 0 Å². The molecular formula is C17H24N2OS. The van der Waals surface area contributed by atoms with Crippen LogP contribution < -0.4 is 10.1 Å². The van der Waals surface area contributed by atoms with Crippen molar-refractivity contribution >= 4 is 11.3 Å². The SMILES string of the molecule is CCc1cccc(OCc2ncc(CNCC(C)C)s2)c1. The number of hydrogen-bond acceptors (Lipinski definition) is 4. The fourth-order valence-electron chi connectivity index (χ4n) is 1.98. The summed E-state index contributed by atoms with van der Waals surface area (Å²) in [6.07, 6.45) is 2.97. The van der Waals surface area contributed by atoms with Gasteiger partial charge in [0.15, 0.2) is 0 Å². The van der Waals surface area contributed by atoms with Gasteiger partial charge in [-0.1, -0.05) is 32.9 Å². The smallest absolute Gasteiger partial charge is 0.140 e. The van der Waals surface area contributed by atoms with E-state index >= 15 is 0 Å². The maximum atomic E-state index is 5.82. The van der Waals surface area contributed by atoms with Gasteiger partial charge in [-0.05, 0) is 36.6 Å². The number of aromatic nitrogens is 1. The van der Waals surface area contributed by atoms with Crippen LogP contribution in [0.1, 0.15) is 36.2 Å². The molecule has 114 valence electrons. The average Bonchev–Trinajstić information content (AvgIpc) is 2.93. The Labute approximate surface area is 131 Å². The lowest BCUT2D eigenvalue weighted by Crippen LogP contribution is -2.18. The molecular weight excluding hydrogens is 280 g/mol. The van der Waals surface area contributed by atoms with Crippen LogP contribution in [0.3, 0.4) is 0 Å². The van der Waals surface area contributed by atoms with E-state index in [0.717, 1.165) is 30.3 Å². The van der Waals surface area contributed by atoms with E-state index in [0.29, 0.717) is 12.5 Å². The predicted molar refractivity (Wildman–Crippen MR) is 88.8 cm³/mol. The zero-order chi connectivity index (χ0) is 15.1. The number of ether oxygens (including phenoxy) is 1. The summed E-state index contributed by atoms with van der Waals surface area (Å²) in [5.41, 5.74) is 1.30. The molecule has 0 aliphatic rings. The predicted octanol–water partition coefficient (Wildman–Crippen LogP) is 4.03. The second-order valence-corrected chi connectivity index (χ2v) is 6.73. The first kappa shape index (κ1) is 16.0. The molecule has 1 aromatic carbocycles. The lowest BCUT2D eigenvalue weighted by atomic mass is 10.2. The Morgan fingerprint density at radius 1 is 1.33 bits per heavy atom. The summed E-state index contributed by atoms with van der Waals surface area (Å²) in [4.78, 5) is 5.69. The van der Waals surface area contributed by atoms with Crippen molar-refractivity contribution in [1.29, 1.82) is 0 Å². The summed E-state index contributed by atoms with van der Waals surface area (Å²) >= 11 is 1.72. The molecule has 0 saturated heterocycles. The van der Waals surface area contributed by atoms with Crippen LogP contribution in [0.25, 0.3) is 0 Å². The molecule has 0 bridgehead atoms. The molecule has 1 N–H and O–H groups in total. The van der Waals surface area contributed by atoms with Crippen LogP contribution >= 0.6 is 11.3 Å². The third kappa shape index (κ3) is 5.48. The standard InChI is InChI=1S/C17H24N2OS/c1-4-14-6-5-7-15(8-14)20-12-17-19-11-16(21-17)10-18-9-13(2)3/h5-8,11,13,18H,4,9-10,12H2,1-3H3. The zero-order valence-corrected chi connectivity index (χ0v) is 13.9. The summed E-state index contributed by atoms with van der Waals surface area (Å²) < 4.78 is 5.82. The molecule has 0 aliphatic heterocycles. The van der Waals surface area contributed by atoms with Crippen molar-refractivity contribution in [2.45, 2.75) is 40.3 Å². The van der Waals surface area contributed by atoms with Gasteiger partial charge in [0.1, 0.15) is 17.4 Å². The van der Waals surface area contributed by atoms with Crippen molar-refractivity contribution in [3.8, 4) is 5.75 Å². The van der Waals surface area contributed by atoms with Gasteiger partial charge in [0, 0.05) is 17.6 Å². The number of hydrogen-bond donors (Lipinski definition) is 1. The number of aryl methyl sites for hydroxylation is 1. The van der Waals surface area contributed by atoms with Crippen molar-refractivity contribution in [2.75, 3.05) is 6.54 Å². The highest BCUT2D eigenvalue weighted by Gasteiger charge is 2.04. The highest BCUT2D eigenvalue weighted by Crippen LogP contribution is 2.18. The van der Waals surface area contributed by atoms with Gasteiger partial charge in [-0.2, -0.15) is 0 Å². The minimum atomic E-state index is 0.544. The number of nitrogens with one attached hydrogen (secondary N) is 1. The Morgan fingerprint density at radius 2 is 2.19 bits per heavy atom. The maximum Gasteiger partial charge on any atom is 0.140 e. The van der Waals surface area contributed by atoms with Crippen molar-refractivity contribution in [1.82, 2.24) is 10.3 Å². The van der Waals surface area contributed by atoms with E-state index in [9.17, 15) is 0 Å². The van der Waals surface area contributed by atoms with Gasteiger partial charge in [0.05, 0.1) is 0 Å². The highest BCUT2D eigenvalue weighted by molar-refractivity contribution is 7.11. The van der Waals surface area contributed by atoms with Gasteiger partial charge in [-0.3, -0.25) is 0 Å². The third-order valence-electron chi connectivity index (χ3n) is 3.12. The molecule has 0 radical (unpaired) electrons. The first-order valence-electron chi connectivity index (χ1n) is 7.53. The van der Waals surface area contributed by atoms with Crippen LogP contribution in [-0.2, 0) is 19.6 Å². The molecule has 2 rings (SSSR count). The molecule has 0 unspecified atom stereocenters. The Bertz CT molecular complexity index is 551. The molecule has 21 heavy (non-hydrogen) atoms. The molecule has 0 saturated carbocycles. The molecule has 0 amide bonds. The summed E-state index contributed by atoms with van der Waals surface area (Å²) in [6.45, 7) is 9.04. The maximum absolute atomic E-state index is 5.82. The lowest BCUT2D eigenvalue weighted by molar-refractivity contribution is 0.305. The van der Waals surface area contributed by atoms with Gasteiger partial charge >= 0.3 is 0 Å².